The van der Waals surface area contributed by atoms with Crippen molar-refractivity contribution in [3.05, 3.63) is 12.4 Å². The van der Waals surface area contributed by atoms with Crippen molar-refractivity contribution in [3.63, 3.8) is 0 Å². The Balaban J connectivity index is 1.65. The quantitative estimate of drug-likeness (QED) is 0.769. The second-order valence-electron chi connectivity index (χ2n) is 9.15. The van der Waals surface area contributed by atoms with Gasteiger partial charge < -0.3 is 19.6 Å². The summed E-state index contributed by atoms with van der Waals surface area (Å²) in [5, 5.41) is 0. The van der Waals surface area contributed by atoms with Crippen molar-refractivity contribution in [1.29, 1.82) is 0 Å². The Bertz CT molecular complexity index is 673. The lowest BCUT2D eigenvalue weighted by Crippen LogP contribution is -2.52. The molecular weight excluding hydrogens is 352 g/mol. The van der Waals surface area contributed by atoms with E-state index in [-0.39, 0.29) is 11.3 Å². The fourth-order valence-corrected chi connectivity index (χ4v) is 4.54. The van der Waals surface area contributed by atoms with Crippen LogP contribution in [-0.4, -0.2) is 86.6 Å². The standard InChI is InChI=1S/C21H36N6O/c1-21(20(28)26(5)14-17-7-11-25(4)12-8-17)9-6-10-27(15-21)19-13-18(24(2)3)22-16-23-19/h13,16-17H,6-12,14-15H2,1-5H3/t21-/m0/s1. The second kappa shape index (κ2) is 8.64. The molecule has 0 saturated carbocycles. The van der Waals surface area contributed by atoms with Crippen LogP contribution in [-0.2, 0) is 4.79 Å². The number of carbonyl (C=O) groups is 1. The third kappa shape index (κ3) is 4.74. The summed E-state index contributed by atoms with van der Waals surface area (Å²) in [5.74, 6) is 2.70. The van der Waals surface area contributed by atoms with Gasteiger partial charge in [0.2, 0.25) is 5.91 Å². The number of piperidine rings is 2. The highest BCUT2D eigenvalue weighted by molar-refractivity contribution is 5.83. The molecule has 0 aliphatic carbocycles. The van der Waals surface area contributed by atoms with Gasteiger partial charge >= 0.3 is 0 Å². The minimum absolute atomic E-state index is 0.276. The van der Waals surface area contributed by atoms with Gasteiger partial charge in [-0.25, -0.2) is 9.97 Å². The van der Waals surface area contributed by atoms with Gasteiger partial charge in [-0.05, 0) is 58.7 Å². The minimum atomic E-state index is -0.359. The normalized spacial score (nSPS) is 24.2. The summed E-state index contributed by atoms with van der Waals surface area (Å²) in [6.45, 7) is 6.93. The molecule has 3 heterocycles. The van der Waals surface area contributed by atoms with Crippen LogP contribution >= 0.6 is 0 Å². The molecule has 1 aromatic rings. The predicted octanol–water partition coefficient (Wildman–Crippen LogP) is 1.95. The van der Waals surface area contributed by atoms with Crippen LogP contribution < -0.4 is 9.80 Å². The highest BCUT2D eigenvalue weighted by Crippen LogP contribution is 2.34. The summed E-state index contributed by atoms with van der Waals surface area (Å²) in [6, 6.07) is 2.01. The molecule has 0 unspecified atom stereocenters. The number of hydrogen-bond acceptors (Lipinski definition) is 6. The SMILES string of the molecule is CN1CCC(CN(C)C(=O)[C@@]2(C)CCCN(c3cc(N(C)C)ncn3)C2)CC1. The maximum atomic E-state index is 13.4. The summed E-state index contributed by atoms with van der Waals surface area (Å²) in [7, 11) is 8.12. The third-order valence-electron chi connectivity index (χ3n) is 6.35. The molecule has 156 valence electrons. The van der Waals surface area contributed by atoms with E-state index in [9.17, 15) is 4.79 Å². The van der Waals surface area contributed by atoms with Gasteiger partial charge in [0.25, 0.3) is 0 Å². The Kier molecular flexibility index (Phi) is 6.43. The van der Waals surface area contributed by atoms with E-state index >= 15 is 0 Å². The largest absolute Gasteiger partial charge is 0.363 e. The first-order valence-corrected chi connectivity index (χ1v) is 10.5. The van der Waals surface area contributed by atoms with E-state index in [0.717, 1.165) is 50.7 Å². The average molecular weight is 389 g/mol. The van der Waals surface area contributed by atoms with E-state index in [2.05, 4.69) is 33.7 Å². The Morgan fingerprint density at radius 3 is 2.61 bits per heavy atom. The highest BCUT2D eigenvalue weighted by Gasteiger charge is 2.40. The van der Waals surface area contributed by atoms with Crippen LogP contribution in [0.25, 0.3) is 0 Å². The molecule has 0 aromatic carbocycles. The number of amides is 1. The highest BCUT2D eigenvalue weighted by atomic mass is 16.2. The van der Waals surface area contributed by atoms with Crippen molar-refractivity contribution in [2.24, 2.45) is 11.3 Å². The first kappa shape index (κ1) is 20.8. The van der Waals surface area contributed by atoms with Crippen molar-refractivity contribution in [2.45, 2.75) is 32.6 Å². The monoisotopic (exact) mass is 388 g/mol. The third-order valence-corrected chi connectivity index (χ3v) is 6.35. The van der Waals surface area contributed by atoms with E-state index in [1.807, 2.05) is 37.0 Å². The van der Waals surface area contributed by atoms with Crippen molar-refractivity contribution in [3.8, 4) is 0 Å². The number of anilines is 2. The second-order valence-corrected chi connectivity index (χ2v) is 9.15. The van der Waals surface area contributed by atoms with Crippen LogP contribution in [0.5, 0.6) is 0 Å². The van der Waals surface area contributed by atoms with Crippen molar-refractivity contribution in [2.75, 3.05) is 70.7 Å². The van der Waals surface area contributed by atoms with Crippen LogP contribution in [0.15, 0.2) is 12.4 Å². The van der Waals surface area contributed by atoms with Gasteiger partial charge in [0.05, 0.1) is 5.41 Å². The summed E-state index contributed by atoms with van der Waals surface area (Å²) < 4.78 is 0. The number of nitrogens with zero attached hydrogens (tertiary/aromatic N) is 6. The number of carbonyl (C=O) groups excluding carboxylic acids is 1. The van der Waals surface area contributed by atoms with Crippen LogP contribution in [0, 0.1) is 11.3 Å². The van der Waals surface area contributed by atoms with Crippen LogP contribution in [0.2, 0.25) is 0 Å². The lowest BCUT2D eigenvalue weighted by Gasteiger charge is -2.42. The molecule has 0 spiro atoms. The first-order valence-electron chi connectivity index (χ1n) is 10.5. The predicted molar refractivity (Wildman–Crippen MR) is 114 cm³/mol. The van der Waals surface area contributed by atoms with Gasteiger partial charge in [0, 0.05) is 46.8 Å². The fraction of sp³-hybridized carbons (Fsp3) is 0.762. The topological polar surface area (TPSA) is 55.8 Å². The van der Waals surface area contributed by atoms with Gasteiger partial charge in [-0.15, -0.1) is 0 Å². The van der Waals surface area contributed by atoms with E-state index in [0.29, 0.717) is 12.5 Å². The van der Waals surface area contributed by atoms with Gasteiger partial charge in [0.15, 0.2) is 0 Å². The van der Waals surface area contributed by atoms with E-state index in [4.69, 9.17) is 0 Å². The average Bonchev–Trinajstić information content (AvgIpc) is 2.69. The summed E-state index contributed by atoms with van der Waals surface area (Å²) >= 11 is 0. The molecule has 2 saturated heterocycles. The zero-order valence-electron chi connectivity index (χ0n) is 18.2. The molecule has 1 aromatic heterocycles. The molecule has 2 aliphatic rings. The number of likely N-dealkylation sites (tertiary alicyclic amines) is 1. The number of aromatic nitrogens is 2. The molecule has 2 fully saturated rings. The zero-order chi connectivity index (χ0) is 20.3. The smallest absolute Gasteiger partial charge is 0.230 e. The zero-order valence-corrected chi connectivity index (χ0v) is 18.2. The molecule has 1 amide bonds. The minimum Gasteiger partial charge on any atom is -0.363 e. The van der Waals surface area contributed by atoms with Crippen LogP contribution in [0.1, 0.15) is 32.6 Å². The van der Waals surface area contributed by atoms with E-state index in [1.54, 1.807) is 6.33 Å². The van der Waals surface area contributed by atoms with E-state index < -0.39 is 0 Å². The van der Waals surface area contributed by atoms with Gasteiger partial charge in [0.1, 0.15) is 18.0 Å². The van der Waals surface area contributed by atoms with E-state index in [1.165, 1.54) is 12.8 Å². The maximum absolute atomic E-state index is 13.4. The molecule has 0 N–H and O–H groups in total. The van der Waals surface area contributed by atoms with Crippen LogP contribution in [0.4, 0.5) is 11.6 Å². The lowest BCUT2D eigenvalue weighted by molar-refractivity contribution is -0.141. The summed E-state index contributed by atoms with van der Waals surface area (Å²) in [6.07, 6.45) is 5.93. The summed E-state index contributed by atoms with van der Waals surface area (Å²) in [4.78, 5) is 30.7. The summed E-state index contributed by atoms with van der Waals surface area (Å²) in [5.41, 5.74) is -0.359. The molecule has 2 aliphatic heterocycles. The number of hydrogen-bond donors (Lipinski definition) is 0. The van der Waals surface area contributed by atoms with Crippen molar-refractivity contribution >= 4 is 17.5 Å². The molecule has 1 atom stereocenters. The Labute approximate surface area is 169 Å². The van der Waals surface area contributed by atoms with Gasteiger partial charge in [-0.1, -0.05) is 0 Å². The Morgan fingerprint density at radius 2 is 1.93 bits per heavy atom. The van der Waals surface area contributed by atoms with Crippen molar-refractivity contribution in [1.82, 2.24) is 19.8 Å². The lowest BCUT2D eigenvalue weighted by atomic mass is 9.80. The molecule has 3 rings (SSSR count). The van der Waals surface area contributed by atoms with Crippen molar-refractivity contribution < 1.29 is 4.79 Å². The molecule has 28 heavy (non-hydrogen) atoms. The van der Waals surface area contributed by atoms with Gasteiger partial charge in [-0.2, -0.15) is 0 Å². The fourth-order valence-electron chi connectivity index (χ4n) is 4.54. The molecule has 0 bridgehead atoms. The molecule has 7 nitrogen and oxygen atoms in total. The maximum Gasteiger partial charge on any atom is 0.230 e. The molecule has 0 radical (unpaired) electrons. The number of rotatable bonds is 5. The van der Waals surface area contributed by atoms with Crippen LogP contribution in [0.3, 0.4) is 0 Å². The molecule has 7 heteroatoms. The molecular formula is C21H36N6O. The Hall–Kier alpha value is -1.89. The first-order chi connectivity index (χ1) is 13.3. The van der Waals surface area contributed by atoms with Gasteiger partial charge in [-0.3, -0.25) is 4.79 Å². The Morgan fingerprint density at radius 1 is 1.21 bits per heavy atom.